The van der Waals surface area contributed by atoms with Crippen molar-refractivity contribution >= 4 is 25.8 Å². The molecule has 1 N–H and O–H groups in total. The molecule has 0 bridgehead atoms. The molecule has 0 spiro atoms. The van der Waals surface area contributed by atoms with E-state index in [-0.39, 0.29) is 17.2 Å². The van der Waals surface area contributed by atoms with Crippen LogP contribution >= 0.6 is 15.9 Å². The highest BCUT2D eigenvalue weighted by molar-refractivity contribution is 9.10. The second-order valence-electron chi connectivity index (χ2n) is 5.77. The van der Waals surface area contributed by atoms with E-state index in [0.29, 0.717) is 0 Å². The van der Waals surface area contributed by atoms with Crippen LogP contribution in [0.4, 0.5) is 0 Å². The summed E-state index contributed by atoms with van der Waals surface area (Å²) in [5.41, 5.74) is 1.18. The molecule has 0 aliphatic carbocycles. The van der Waals surface area contributed by atoms with Crippen molar-refractivity contribution in [2.24, 2.45) is 0 Å². The van der Waals surface area contributed by atoms with E-state index in [1.54, 1.807) is 0 Å². The Labute approximate surface area is 124 Å². The van der Waals surface area contributed by atoms with Crippen molar-refractivity contribution in [3.63, 3.8) is 0 Å². The lowest BCUT2D eigenvalue weighted by atomic mass is 9.84. The van der Waals surface area contributed by atoms with Crippen molar-refractivity contribution < 1.29 is 8.42 Å². The number of hydrogen-bond acceptors (Lipinski definition) is 3. The lowest BCUT2D eigenvalue weighted by Gasteiger charge is -2.28. The molecule has 1 atom stereocenters. The Kier molecular flexibility index (Phi) is 5.59. The molecule has 3 nitrogen and oxygen atoms in total. The molecule has 0 fully saturated rings. The van der Waals surface area contributed by atoms with Crippen LogP contribution in [0.5, 0.6) is 0 Å². The molecular formula is C14H22BrNO2S. The number of hydrogen-bond donors (Lipinski definition) is 1. The van der Waals surface area contributed by atoms with Gasteiger partial charge in [-0.2, -0.15) is 0 Å². The van der Waals surface area contributed by atoms with Crippen molar-refractivity contribution in [2.75, 3.05) is 18.6 Å². The summed E-state index contributed by atoms with van der Waals surface area (Å²) in [7, 11) is -2.93. The van der Waals surface area contributed by atoms with Gasteiger partial charge >= 0.3 is 0 Å². The average Bonchev–Trinajstić information content (AvgIpc) is 2.24. The molecule has 0 aromatic heterocycles. The van der Waals surface area contributed by atoms with E-state index in [1.165, 1.54) is 11.8 Å². The molecule has 0 radical (unpaired) electrons. The smallest absolute Gasteiger partial charge is 0.148 e. The maximum Gasteiger partial charge on any atom is 0.148 e. The zero-order valence-electron chi connectivity index (χ0n) is 11.9. The van der Waals surface area contributed by atoms with Gasteiger partial charge in [0.15, 0.2) is 0 Å². The normalized spacial score (nSPS) is 14.4. The standard InChI is InChI=1S/C14H22BrNO2S/c1-11(9-19(4,17)18)16-10-14(2,3)12-6-5-7-13(15)8-12/h5-8,11,16H,9-10H2,1-4H3/t11-/m0/s1. The van der Waals surface area contributed by atoms with E-state index in [2.05, 4.69) is 47.2 Å². The minimum atomic E-state index is -2.93. The summed E-state index contributed by atoms with van der Waals surface area (Å²) in [4.78, 5) is 0. The minimum absolute atomic E-state index is 0.0403. The van der Waals surface area contributed by atoms with E-state index < -0.39 is 9.84 Å². The Bertz CT molecular complexity index is 526. The van der Waals surface area contributed by atoms with Crippen LogP contribution in [0.25, 0.3) is 0 Å². The van der Waals surface area contributed by atoms with Gasteiger partial charge in [0, 0.05) is 28.7 Å². The van der Waals surface area contributed by atoms with Gasteiger partial charge in [0.2, 0.25) is 0 Å². The first kappa shape index (κ1) is 16.7. The highest BCUT2D eigenvalue weighted by Gasteiger charge is 2.22. The third-order valence-electron chi connectivity index (χ3n) is 3.05. The maximum atomic E-state index is 11.2. The van der Waals surface area contributed by atoms with Crippen LogP contribution in [0.15, 0.2) is 28.7 Å². The van der Waals surface area contributed by atoms with Crippen LogP contribution in [0.3, 0.4) is 0 Å². The summed E-state index contributed by atoms with van der Waals surface area (Å²) in [6.45, 7) is 6.93. The number of sulfone groups is 1. The average molecular weight is 348 g/mol. The molecule has 108 valence electrons. The maximum absolute atomic E-state index is 11.2. The first-order valence-corrected chi connectivity index (χ1v) is 9.13. The van der Waals surface area contributed by atoms with E-state index >= 15 is 0 Å². The molecule has 1 aromatic rings. The predicted octanol–water partition coefficient (Wildman–Crippen LogP) is 2.75. The molecule has 0 aliphatic rings. The SMILES string of the molecule is C[C@@H](CS(C)(=O)=O)NCC(C)(C)c1cccc(Br)c1. The van der Waals surface area contributed by atoms with Gasteiger partial charge in [-0.15, -0.1) is 0 Å². The molecule has 5 heteroatoms. The quantitative estimate of drug-likeness (QED) is 0.860. The highest BCUT2D eigenvalue weighted by atomic mass is 79.9. The fourth-order valence-electron chi connectivity index (χ4n) is 1.95. The summed E-state index contributed by atoms with van der Waals surface area (Å²) < 4.78 is 23.5. The third-order valence-corrected chi connectivity index (χ3v) is 4.65. The minimum Gasteiger partial charge on any atom is -0.312 e. The van der Waals surface area contributed by atoms with Crippen LogP contribution in [0.1, 0.15) is 26.3 Å². The Morgan fingerprint density at radius 3 is 2.53 bits per heavy atom. The van der Waals surface area contributed by atoms with Gasteiger partial charge in [0.1, 0.15) is 9.84 Å². The molecule has 0 saturated heterocycles. The number of benzene rings is 1. The number of nitrogens with one attached hydrogen (secondary N) is 1. The van der Waals surface area contributed by atoms with E-state index in [0.717, 1.165) is 11.0 Å². The summed E-state index contributed by atoms with van der Waals surface area (Å²) >= 11 is 3.47. The molecule has 0 heterocycles. The lowest BCUT2D eigenvalue weighted by Crippen LogP contribution is -2.40. The van der Waals surface area contributed by atoms with Gasteiger partial charge in [-0.1, -0.05) is 41.9 Å². The Balaban J connectivity index is 2.65. The van der Waals surface area contributed by atoms with Gasteiger partial charge in [0.25, 0.3) is 0 Å². The van der Waals surface area contributed by atoms with E-state index in [9.17, 15) is 8.42 Å². The topological polar surface area (TPSA) is 46.2 Å². The van der Waals surface area contributed by atoms with Gasteiger partial charge in [-0.05, 0) is 24.6 Å². The summed E-state index contributed by atoms with van der Waals surface area (Å²) in [5.74, 6) is 0.168. The fraction of sp³-hybridized carbons (Fsp3) is 0.571. The van der Waals surface area contributed by atoms with Crippen molar-refractivity contribution in [1.82, 2.24) is 5.32 Å². The summed E-state index contributed by atoms with van der Waals surface area (Å²) in [5, 5.41) is 3.30. The zero-order chi connectivity index (χ0) is 14.7. The van der Waals surface area contributed by atoms with Gasteiger partial charge in [-0.25, -0.2) is 8.42 Å². The highest BCUT2D eigenvalue weighted by Crippen LogP contribution is 2.25. The molecular weight excluding hydrogens is 326 g/mol. The predicted molar refractivity (Wildman–Crippen MR) is 84.3 cm³/mol. The Morgan fingerprint density at radius 2 is 2.00 bits per heavy atom. The Morgan fingerprint density at radius 1 is 1.37 bits per heavy atom. The van der Waals surface area contributed by atoms with E-state index in [1.807, 2.05) is 19.1 Å². The van der Waals surface area contributed by atoms with Gasteiger partial charge in [-0.3, -0.25) is 0 Å². The molecule has 0 saturated carbocycles. The third kappa shape index (κ3) is 6.06. The van der Waals surface area contributed by atoms with Crippen molar-refractivity contribution in [3.05, 3.63) is 34.3 Å². The van der Waals surface area contributed by atoms with Crippen molar-refractivity contribution in [2.45, 2.75) is 32.2 Å². The van der Waals surface area contributed by atoms with Crippen molar-refractivity contribution in [1.29, 1.82) is 0 Å². The molecule has 19 heavy (non-hydrogen) atoms. The van der Waals surface area contributed by atoms with Gasteiger partial charge in [0.05, 0.1) is 5.75 Å². The van der Waals surface area contributed by atoms with Crippen molar-refractivity contribution in [3.8, 4) is 0 Å². The Hall–Kier alpha value is -0.390. The second-order valence-corrected chi connectivity index (χ2v) is 8.87. The summed E-state index contributed by atoms with van der Waals surface area (Å²) in [6, 6.07) is 8.16. The number of halogens is 1. The first-order valence-electron chi connectivity index (χ1n) is 6.27. The zero-order valence-corrected chi connectivity index (χ0v) is 14.3. The number of rotatable bonds is 6. The molecule has 1 aromatic carbocycles. The van der Waals surface area contributed by atoms with Crippen LogP contribution in [0, 0.1) is 0 Å². The van der Waals surface area contributed by atoms with E-state index in [4.69, 9.17) is 0 Å². The largest absolute Gasteiger partial charge is 0.312 e. The first-order chi connectivity index (χ1) is 8.60. The fourth-order valence-corrected chi connectivity index (χ4v) is 3.38. The van der Waals surface area contributed by atoms with Crippen LogP contribution in [-0.4, -0.2) is 33.0 Å². The lowest BCUT2D eigenvalue weighted by molar-refractivity contribution is 0.440. The summed E-state index contributed by atoms with van der Waals surface area (Å²) in [6.07, 6.45) is 1.27. The monoisotopic (exact) mass is 347 g/mol. The molecule has 0 aliphatic heterocycles. The van der Waals surface area contributed by atoms with Crippen LogP contribution < -0.4 is 5.32 Å². The molecule has 0 unspecified atom stereocenters. The van der Waals surface area contributed by atoms with Crippen LogP contribution in [-0.2, 0) is 15.3 Å². The molecule has 0 amide bonds. The molecule has 1 rings (SSSR count). The second kappa shape index (κ2) is 6.37. The van der Waals surface area contributed by atoms with Crippen LogP contribution in [0.2, 0.25) is 0 Å². The van der Waals surface area contributed by atoms with Gasteiger partial charge < -0.3 is 5.32 Å².